The molecule has 2 N–H and O–H groups in total. The predicted molar refractivity (Wildman–Crippen MR) is 70.5 cm³/mol. The van der Waals surface area contributed by atoms with Gasteiger partial charge in [0.15, 0.2) is 0 Å². The van der Waals surface area contributed by atoms with E-state index in [1.807, 2.05) is 36.4 Å². The van der Waals surface area contributed by atoms with Crippen molar-refractivity contribution in [2.75, 3.05) is 5.73 Å². The van der Waals surface area contributed by atoms with Crippen LogP contribution in [-0.4, -0.2) is 9.97 Å². The minimum absolute atomic E-state index is 0.319. The normalized spacial score (nSPS) is 10.4. The molecule has 2 aromatic carbocycles. The zero-order chi connectivity index (χ0) is 12.4. The van der Waals surface area contributed by atoms with Gasteiger partial charge in [0.05, 0.1) is 5.52 Å². The summed E-state index contributed by atoms with van der Waals surface area (Å²) in [5.74, 6) is 0.630. The zero-order valence-corrected chi connectivity index (χ0v) is 9.58. The van der Waals surface area contributed by atoms with Gasteiger partial charge in [0.25, 0.3) is 0 Å². The molecule has 0 spiro atoms. The Morgan fingerprint density at radius 3 is 2.78 bits per heavy atom. The number of fused-ring (bicyclic) bond motifs is 1. The average Bonchev–Trinajstić information content (AvgIpc) is 2.39. The molecule has 1 heterocycles. The number of ether oxygens (including phenoxy) is 1. The number of anilines is 1. The summed E-state index contributed by atoms with van der Waals surface area (Å²) in [7, 11) is 0. The van der Waals surface area contributed by atoms with Crippen molar-refractivity contribution in [1.29, 1.82) is 0 Å². The number of nitrogen functional groups attached to an aromatic ring is 1. The van der Waals surface area contributed by atoms with E-state index in [0.717, 1.165) is 10.9 Å². The highest BCUT2D eigenvalue weighted by molar-refractivity contribution is 5.77. The van der Waals surface area contributed by atoms with Crippen LogP contribution in [0.4, 0.5) is 5.69 Å². The molecular weight excluding hydrogens is 226 g/mol. The Hall–Kier alpha value is -2.62. The van der Waals surface area contributed by atoms with Crippen LogP contribution in [0.5, 0.6) is 11.8 Å². The standard InChI is InChI=1S/C14H11N3O/c15-11-5-3-6-12(8-11)18-14-16-9-10-4-1-2-7-13(10)17-14/h1-9H,15H2. The number of benzene rings is 2. The third-order valence-corrected chi connectivity index (χ3v) is 2.53. The number of para-hydroxylation sites is 1. The fourth-order valence-electron chi connectivity index (χ4n) is 1.69. The number of nitrogens with two attached hydrogens (primary N) is 1. The van der Waals surface area contributed by atoms with Crippen molar-refractivity contribution in [3.8, 4) is 11.8 Å². The number of nitrogens with zero attached hydrogens (tertiary/aromatic N) is 2. The molecule has 0 saturated heterocycles. The molecule has 0 fully saturated rings. The molecule has 0 radical (unpaired) electrons. The highest BCUT2D eigenvalue weighted by Crippen LogP contribution is 2.21. The first-order chi connectivity index (χ1) is 8.81. The summed E-state index contributed by atoms with van der Waals surface area (Å²) in [6, 6.07) is 15.2. The Bertz CT molecular complexity index is 697. The Labute approximate surface area is 104 Å². The molecule has 18 heavy (non-hydrogen) atoms. The molecule has 0 atom stereocenters. The Kier molecular flexibility index (Phi) is 2.53. The highest BCUT2D eigenvalue weighted by Gasteiger charge is 2.02. The van der Waals surface area contributed by atoms with Crippen LogP contribution < -0.4 is 10.5 Å². The summed E-state index contributed by atoms with van der Waals surface area (Å²) in [5, 5.41) is 0.984. The second-order valence-corrected chi connectivity index (χ2v) is 3.89. The third-order valence-electron chi connectivity index (χ3n) is 2.53. The second kappa shape index (κ2) is 4.33. The van der Waals surface area contributed by atoms with Gasteiger partial charge in [-0.25, -0.2) is 4.98 Å². The van der Waals surface area contributed by atoms with Crippen molar-refractivity contribution in [3.05, 3.63) is 54.7 Å². The fourth-order valence-corrected chi connectivity index (χ4v) is 1.69. The van der Waals surface area contributed by atoms with E-state index in [0.29, 0.717) is 17.4 Å². The quantitative estimate of drug-likeness (QED) is 0.696. The van der Waals surface area contributed by atoms with Crippen molar-refractivity contribution < 1.29 is 4.74 Å². The molecule has 88 valence electrons. The van der Waals surface area contributed by atoms with E-state index in [-0.39, 0.29) is 0 Å². The van der Waals surface area contributed by atoms with Crippen LogP contribution in [0.2, 0.25) is 0 Å². The van der Waals surface area contributed by atoms with Crippen molar-refractivity contribution >= 4 is 16.6 Å². The summed E-state index contributed by atoms with van der Waals surface area (Å²) >= 11 is 0. The lowest BCUT2D eigenvalue weighted by Gasteiger charge is -2.05. The maximum atomic E-state index is 5.68. The van der Waals surface area contributed by atoms with Crippen LogP contribution in [0.15, 0.2) is 54.7 Å². The number of aromatic nitrogens is 2. The van der Waals surface area contributed by atoms with Gasteiger partial charge in [0.2, 0.25) is 0 Å². The van der Waals surface area contributed by atoms with E-state index < -0.39 is 0 Å². The molecular formula is C14H11N3O. The van der Waals surface area contributed by atoms with Gasteiger partial charge in [0.1, 0.15) is 5.75 Å². The van der Waals surface area contributed by atoms with Crippen molar-refractivity contribution in [2.45, 2.75) is 0 Å². The summed E-state index contributed by atoms with van der Waals surface area (Å²) in [6.45, 7) is 0. The maximum absolute atomic E-state index is 5.68. The minimum Gasteiger partial charge on any atom is -0.424 e. The topological polar surface area (TPSA) is 61.0 Å². The molecule has 1 aromatic heterocycles. The van der Waals surface area contributed by atoms with E-state index >= 15 is 0 Å². The smallest absolute Gasteiger partial charge is 0.322 e. The summed E-state index contributed by atoms with van der Waals surface area (Å²) in [6.07, 6.45) is 1.74. The number of hydrogen-bond acceptors (Lipinski definition) is 4. The average molecular weight is 237 g/mol. The summed E-state index contributed by atoms with van der Waals surface area (Å²) < 4.78 is 5.57. The van der Waals surface area contributed by atoms with Crippen LogP contribution in [0.1, 0.15) is 0 Å². The van der Waals surface area contributed by atoms with Crippen LogP contribution in [-0.2, 0) is 0 Å². The van der Waals surface area contributed by atoms with Crippen molar-refractivity contribution in [3.63, 3.8) is 0 Å². The monoisotopic (exact) mass is 237 g/mol. The molecule has 0 unspecified atom stereocenters. The fraction of sp³-hybridized carbons (Fsp3) is 0. The molecule has 0 aliphatic rings. The minimum atomic E-state index is 0.319. The summed E-state index contributed by atoms with van der Waals surface area (Å²) in [4.78, 5) is 8.48. The largest absolute Gasteiger partial charge is 0.424 e. The van der Waals surface area contributed by atoms with E-state index in [1.54, 1.807) is 18.3 Å². The van der Waals surface area contributed by atoms with Gasteiger partial charge in [-0.05, 0) is 18.2 Å². The van der Waals surface area contributed by atoms with E-state index in [4.69, 9.17) is 10.5 Å². The zero-order valence-electron chi connectivity index (χ0n) is 9.58. The lowest BCUT2D eigenvalue weighted by molar-refractivity contribution is 0.444. The molecule has 0 aliphatic heterocycles. The first-order valence-electron chi connectivity index (χ1n) is 5.56. The number of hydrogen-bond donors (Lipinski definition) is 1. The lowest BCUT2D eigenvalue weighted by Crippen LogP contribution is -1.93. The third kappa shape index (κ3) is 2.08. The van der Waals surface area contributed by atoms with Gasteiger partial charge in [0, 0.05) is 23.3 Å². The van der Waals surface area contributed by atoms with E-state index in [9.17, 15) is 0 Å². The van der Waals surface area contributed by atoms with Crippen LogP contribution in [0.25, 0.3) is 10.9 Å². The first-order valence-corrected chi connectivity index (χ1v) is 5.56. The van der Waals surface area contributed by atoms with Crippen LogP contribution >= 0.6 is 0 Å². The molecule has 0 aliphatic carbocycles. The van der Waals surface area contributed by atoms with Gasteiger partial charge < -0.3 is 10.5 Å². The molecule has 3 rings (SSSR count). The second-order valence-electron chi connectivity index (χ2n) is 3.89. The van der Waals surface area contributed by atoms with Crippen LogP contribution in [0.3, 0.4) is 0 Å². The van der Waals surface area contributed by atoms with Gasteiger partial charge in [-0.3, -0.25) is 0 Å². The van der Waals surface area contributed by atoms with Gasteiger partial charge in [-0.2, -0.15) is 4.98 Å². The van der Waals surface area contributed by atoms with Crippen molar-refractivity contribution in [1.82, 2.24) is 9.97 Å². The van der Waals surface area contributed by atoms with Gasteiger partial charge in [-0.15, -0.1) is 0 Å². The van der Waals surface area contributed by atoms with Crippen molar-refractivity contribution in [2.24, 2.45) is 0 Å². The Morgan fingerprint density at radius 2 is 1.89 bits per heavy atom. The molecule has 4 heteroatoms. The van der Waals surface area contributed by atoms with Crippen LogP contribution in [0, 0.1) is 0 Å². The Morgan fingerprint density at radius 1 is 1.00 bits per heavy atom. The molecule has 0 saturated carbocycles. The predicted octanol–water partition coefficient (Wildman–Crippen LogP) is 3.00. The SMILES string of the molecule is Nc1cccc(Oc2ncc3ccccc3n2)c1. The molecule has 0 bridgehead atoms. The molecule has 0 amide bonds. The molecule has 3 aromatic rings. The first kappa shape index (κ1) is 10.5. The molecule has 4 nitrogen and oxygen atoms in total. The number of rotatable bonds is 2. The lowest BCUT2D eigenvalue weighted by atomic mass is 10.2. The maximum Gasteiger partial charge on any atom is 0.322 e. The Balaban J connectivity index is 1.95. The van der Waals surface area contributed by atoms with Gasteiger partial charge >= 0.3 is 6.01 Å². The highest BCUT2D eigenvalue weighted by atomic mass is 16.5. The van der Waals surface area contributed by atoms with E-state index in [2.05, 4.69) is 9.97 Å². The summed E-state index contributed by atoms with van der Waals surface area (Å²) in [5.41, 5.74) is 7.18. The van der Waals surface area contributed by atoms with Gasteiger partial charge in [-0.1, -0.05) is 24.3 Å². The van der Waals surface area contributed by atoms with E-state index in [1.165, 1.54) is 0 Å².